The minimum Gasteiger partial charge on any atom is -0.391 e. The minimum absolute atomic E-state index is 0.00616. The molecule has 0 radical (unpaired) electrons. The number of rotatable bonds is 6. The van der Waals surface area contributed by atoms with Crippen LogP contribution in [-0.4, -0.2) is 28.6 Å². The number of nitrogens with zero attached hydrogens (tertiary/aromatic N) is 1. The van der Waals surface area contributed by atoms with Crippen LogP contribution < -0.4 is 5.32 Å². The summed E-state index contributed by atoms with van der Waals surface area (Å²) in [5.74, 6) is -0.239. The summed E-state index contributed by atoms with van der Waals surface area (Å²) in [6, 6.07) is 5.87. The molecule has 0 aliphatic heterocycles. The van der Waals surface area contributed by atoms with Crippen LogP contribution in [0, 0.1) is 16.0 Å². The number of hydrogen-bond acceptors (Lipinski definition) is 4. The average Bonchev–Trinajstić information content (AvgIpc) is 2.42. The predicted octanol–water partition coefficient (Wildman–Crippen LogP) is 1.74. The Labute approximate surface area is 117 Å². The quantitative estimate of drug-likeness (QED) is 0.471. The largest absolute Gasteiger partial charge is 0.391 e. The first-order valence-electron chi connectivity index (χ1n) is 6.28. The fourth-order valence-corrected chi connectivity index (χ4v) is 1.38. The third-order valence-corrected chi connectivity index (χ3v) is 2.79. The van der Waals surface area contributed by atoms with Crippen LogP contribution in [-0.2, 0) is 4.79 Å². The SMILES string of the molecule is CC(C)C(O)CNC(=O)/C=C/c1ccc([N+](=O)[O-])cc1. The van der Waals surface area contributed by atoms with E-state index < -0.39 is 11.0 Å². The Kier molecular flexibility index (Phi) is 5.86. The topological polar surface area (TPSA) is 92.5 Å². The van der Waals surface area contributed by atoms with E-state index in [1.165, 1.54) is 18.2 Å². The first-order chi connectivity index (χ1) is 9.40. The summed E-state index contributed by atoms with van der Waals surface area (Å²) in [6.45, 7) is 3.92. The van der Waals surface area contributed by atoms with Gasteiger partial charge in [0.2, 0.25) is 5.91 Å². The number of carbonyl (C=O) groups excluding carboxylic acids is 1. The molecule has 0 bridgehead atoms. The summed E-state index contributed by atoms with van der Waals surface area (Å²) >= 11 is 0. The van der Waals surface area contributed by atoms with Crippen molar-refractivity contribution in [2.75, 3.05) is 6.54 Å². The molecule has 0 aliphatic carbocycles. The van der Waals surface area contributed by atoms with E-state index in [0.717, 1.165) is 0 Å². The van der Waals surface area contributed by atoms with E-state index in [-0.39, 0.29) is 24.1 Å². The summed E-state index contributed by atoms with van der Waals surface area (Å²) in [5, 5.41) is 22.6. The first kappa shape index (κ1) is 15.8. The zero-order valence-corrected chi connectivity index (χ0v) is 11.4. The number of benzene rings is 1. The second kappa shape index (κ2) is 7.40. The standard InChI is InChI=1S/C14H18N2O4/c1-10(2)13(17)9-15-14(18)8-5-11-3-6-12(7-4-11)16(19)20/h3-8,10,13,17H,9H2,1-2H3,(H,15,18)/b8-5+. The van der Waals surface area contributed by atoms with Crippen molar-refractivity contribution in [2.45, 2.75) is 20.0 Å². The van der Waals surface area contributed by atoms with E-state index in [2.05, 4.69) is 5.32 Å². The van der Waals surface area contributed by atoms with Gasteiger partial charge in [-0.3, -0.25) is 14.9 Å². The number of non-ortho nitro benzene ring substituents is 1. The number of amides is 1. The molecule has 1 amide bonds. The van der Waals surface area contributed by atoms with Gasteiger partial charge >= 0.3 is 0 Å². The van der Waals surface area contributed by atoms with E-state index in [9.17, 15) is 20.0 Å². The van der Waals surface area contributed by atoms with Gasteiger partial charge in [-0.2, -0.15) is 0 Å². The molecule has 6 heteroatoms. The van der Waals surface area contributed by atoms with Crippen molar-refractivity contribution >= 4 is 17.7 Å². The fraction of sp³-hybridized carbons (Fsp3) is 0.357. The Bertz CT molecular complexity index is 494. The molecule has 20 heavy (non-hydrogen) atoms. The molecular weight excluding hydrogens is 260 g/mol. The third kappa shape index (κ3) is 5.19. The van der Waals surface area contributed by atoms with Gasteiger partial charge in [0, 0.05) is 24.8 Å². The Morgan fingerprint density at radius 3 is 2.50 bits per heavy atom. The Morgan fingerprint density at radius 2 is 2.00 bits per heavy atom. The summed E-state index contributed by atoms with van der Waals surface area (Å²) in [5.41, 5.74) is 0.696. The number of aliphatic hydroxyl groups excluding tert-OH is 1. The van der Waals surface area contributed by atoms with Gasteiger partial charge in [0.15, 0.2) is 0 Å². The number of nitro groups is 1. The van der Waals surface area contributed by atoms with Crippen molar-refractivity contribution in [1.82, 2.24) is 5.32 Å². The minimum atomic E-state index is -0.577. The molecule has 0 fully saturated rings. The number of aliphatic hydroxyl groups is 1. The summed E-state index contributed by atoms with van der Waals surface area (Å²) in [7, 11) is 0. The molecule has 1 unspecified atom stereocenters. The van der Waals surface area contributed by atoms with E-state index in [4.69, 9.17) is 0 Å². The lowest BCUT2D eigenvalue weighted by Crippen LogP contribution is -2.33. The monoisotopic (exact) mass is 278 g/mol. The Balaban J connectivity index is 2.51. The predicted molar refractivity (Wildman–Crippen MR) is 76.0 cm³/mol. The summed E-state index contributed by atoms with van der Waals surface area (Å²) < 4.78 is 0. The molecule has 0 aliphatic rings. The van der Waals surface area contributed by atoms with Crippen LogP contribution in [0.4, 0.5) is 5.69 Å². The molecule has 1 aromatic carbocycles. The van der Waals surface area contributed by atoms with Crippen LogP contribution in [0.15, 0.2) is 30.3 Å². The number of carbonyl (C=O) groups is 1. The van der Waals surface area contributed by atoms with Crippen LogP contribution in [0.3, 0.4) is 0 Å². The van der Waals surface area contributed by atoms with E-state index in [1.54, 1.807) is 18.2 Å². The lowest BCUT2D eigenvalue weighted by molar-refractivity contribution is -0.384. The van der Waals surface area contributed by atoms with Crippen LogP contribution in [0.2, 0.25) is 0 Å². The van der Waals surface area contributed by atoms with Gasteiger partial charge in [0.05, 0.1) is 11.0 Å². The molecule has 108 valence electrons. The lowest BCUT2D eigenvalue weighted by Gasteiger charge is -2.13. The molecular formula is C14H18N2O4. The highest BCUT2D eigenvalue weighted by Gasteiger charge is 2.09. The fourth-order valence-electron chi connectivity index (χ4n) is 1.38. The van der Waals surface area contributed by atoms with Crippen molar-refractivity contribution in [3.8, 4) is 0 Å². The maximum absolute atomic E-state index is 11.5. The molecule has 0 saturated heterocycles. The van der Waals surface area contributed by atoms with Crippen LogP contribution in [0.25, 0.3) is 6.08 Å². The van der Waals surface area contributed by atoms with Crippen LogP contribution in [0.1, 0.15) is 19.4 Å². The number of nitro benzene ring substituents is 1. The van der Waals surface area contributed by atoms with Crippen molar-refractivity contribution in [3.63, 3.8) is 0 Å². The molecule has 0 heterocycles. The average molecular weight is 278 g/mol. The normalized spacial score (nSPS) is 12.6. The lowest BCUT2D eigenvalue weighted by atomic mass is 10.1. The van der Waals surface area contributed by atoms with E-state index >= 15 is 0 Å². The molecule has 0 aromatic heterocycles. The zero-order valence-electron chi connectivity index (χ0n) is 11.4. The van der Waals surface area contributed by atoms with Gasteiger partial charge in [-0.05, 0) is 29.7 Å². The van der Waals surface area contributed by atoms with E-state index in [0.29, 0.717) is 5.56 Å². The summed E-state index contributed by atoms with van der Waals surface area (Å²) in [4.78, 5) is 21.5. The molecule has 0 saturated carbocycles. The molecule has 1 atom stereocenters. The van der Waals surface area contributed by atoms with Gasteiger partial charge in [-0.25, -0.2) is 0 Å². The molecule has 1 rings (SSSR count). The van der Waals surface area contributed by atoms with Gasteiger partial charge < -0.3 is 10.4 Å². The number of nitrogens with one attached hydrogen (secondary N) is 1. The second-order valence-corrected chi connectivity index (χ2v) is 4.74. The maximum Gasteiger partial charge on any atom is 0.269 e. The third-order valence-electron chi connectivity index (χ3n) is 2.79. The molecule has 6 nitrogen and oxygen atoms in total. The first-order valence-corrected chi connectivity index (χ1v) is 6.28. The molecule has 1 aromatic rings. The zero-order chi connectivity index (χ0) is 15.1. The maximum atomic E-state index is 11.5. The van der Waals surface area contributed by atoms with Crippen molar-refractivity contribution in [3.05, 3.63) is 46.0 Å². The van der Waals surface area contributed by atoms with Gasteiger partial charge in [-0.15, -0.1) is 0 Å². The van der Waals surface area contributed by atoms with Crippen molar-refractivity contribution in [2.24, 2.45) is 5.92 Å². The highest BCUT2D eigenvalue weighted by molar-refractivity contribution is 5.91. The molecule has 0 spiro atoms. The van der Waals surface area contributed by atoms with Gasteiger partial charge in [0.1, 0.15) is 0 Å². The molecule has 2 N–H and O–H groups in total. The highest BCUT2D eigenvalue weighted by atomic mass is 16.6. The Morgan fingerprint density at radius 1 is 1.40 bits per heavy atom. The number of hydrogen-bond donors (Lipinski definition) is 2. The van der Waals surface area contributed by atoms with Crippen molar-refractivity contribution in [1.29, 1.82) is 0 Å². The second-order valence-electron chi connectivity index (χ2n) is 4.74. The van der Waals surface area contributed by atoms with E-state index in [1.807, 2.05) is 13.8 Å². The smallest absolute Gasteiger partial charge is 0.269 e. The van der Waals surface area contributed by atoms with Crippen LogP contribution >= 0.6 is 0 Å². The van der Waals surface area contributed by atoms with Crippen molar-refractivity contribution < 1.29 is 14.8 Å². The van der Waals surface area contributed by atoms with Gasteiger partial charge in [0.25, 0.3) is 5.69 Å². The highest BCUT2D eigenvalue weighted by Crippen LogP contribution is 2.12. The Hall–Kier alpha value is -2.21. The van der Waals surface area contributed by atoms with Gasteiger partial charge in [-0.1, -0.05) is 13.8 Å². The summed E-state index contributed by atoms with van der Waals surface area (Å²) in [6.07, 6.45) is 2.31. The van der Waals surface area contributed by atoms with Crippen LogP contribution in [0.5, 0.6) is 0 Å².